The molecule has 1 amide bonds. The lowest BCUT2D eigenvalue weighted by atomic mass is 9.98. The van der Waals surface area contributed by atoms with Gasteiger partial charge in [-0.3, -0.25) is 4.79 Å². The minimum atomic E-state index is -3.72. The second-order valence-electron chi connectivity index (χ2n) is 6.78. The number of hydrogen-bond acceptors (Lipinski definition) is 7. The van der Waals surface area contributed by atoms with E-state index in [-0.39, 0.29) is 30.4 Å². The van der Waals surface area contributed by atoms with Crippen LogP contribution in [-0.2, 0) is 26.1 Å². The number of nitrogens with one attached hydrogen (secondary N) is 2. The van der Waals surface area contributed by atoms with E-state index in [1.54, 1.807) is 30.5 Å². The maximum absolute atomic E-state index is 12.5. The normalized spacial score (nSPS) is 22.2. The highest BCUT2D eigenvalue weighted by Crippen LogP contribution is 2.23. The molecule has 3 atom stereocenters. The van der Waals surface area contributed by atoms with Gasteiger partial charge in [0.2, 0.25) is 15.9 Å². The molecule has 0 bridgehead atoms. The van der Waals surface area contributed by atoms with Gasteiger partial charge >= 0.3 is 0 Å². The van der Waals surface area contributed by atoms with E-state index in [1.165, 1.54) is 18.5 Å². The topological polar surface area (TPSA) is 131 Å². The van der Waals surface area contributed by atoms with E-state index in [9.17, 15) is 18.3 Å². The highest BCUT2D eigenvalue weighted by atomic mass is 32.2. The van der Waals surface area contributed by atoms with Crippen LogP contribution < -0.4 is 10.0 Å². The average molecular weight is 420 g/mol. The second kappa shape index (κ2) is 9.88. The number of amides is 1. The average Bonchev–Trinajstić information content (AvgIpc) is 2.74. The van der Waals surface area contributed by atoms with Crippen LogP contribution in [0.3, 0.4) is 0 Å². The highest BCUT2D eigenvalue weighted by molar-refractivity contribution is 7.89. The van der Waals surface area contributed by atoms with Crippen molar-refractivity contribution in [3.63, 3.8) is 0 Å². The third kappa shape index (κ3) is 6.04. The molecule has 156 valence electrons. The van der Waals surface area contributed by atoms with Crippen LogP contribution in [0.1, 0.15) is 25.0 Å². The largest absolute Gasteiger partial charge is 0.394 e. The first kappa shape index (κ1) is 21.3. The second-order valence-corrected chi connectivity index (χ2v) is 8.49. The first-order valence-corrected chi connectivity index (χ1v) is 10.8. The molecule has 1 aromatic carbocycles. The molecule has 0 aliphatic carbocycles. The van der Waals surface area contributed by atoms with Gasteiger partial charge in [0.15, 0.2) is 0 Å². The zero-order valence-electron chi connectivity index (χ0n) is 15.8. The van der Waals surface area contributed by atoms with Gasteiger partial charge in [0.1, 0.15) is 6.33 Å². The quantitative estimate of drug-likeness (QED) is 0.562. The molecule has 1 aliphatic rings. The molecule has 9 nitrogen and oxygen atoms in total. The van der Waals surface area contributed by atoms with Crippen molar-refractivity contribution in [2.45, 2.75) is 49.0 Å². The van der Waals surface area contributed by atoms with E-state index < -0.39 is 28.3 Å². The summed E-state index contributed by atoms with van der Waals surface area (Å²) in [6.45, 7) is -0.0575. The summed E-state index contributed by atoms with van der Waals surface area (Å²) in [5.74, 6) is -0.200. The number of hydrogen-bond donors (Lipinski definition) is 3. The monoisotopic (exact) mass is 420 g/mol. The Morgan fingerprint density at radius 2 is 2.00 bits per heavy atom. The summed E-state index contributed by atoms with van der Waals surface area (Å²) in [7, 11) is -3.72. The predicted octanol–water partition coefficient (Wildman–Crippen LogP) is 0.370. The Balaban J connectivity index is 1.52. The van der Waals surface area contributed by atoms with Gasteiger partial charge in [-0.25, -0.2) is 23.1 Å². The molecule has 0 unspecified atom stereocenters. The zero-order valence-corrected chi connectivity index (χ0v) is 16.6. The lowest BCUT2D eigenvalue weighted by Crippen LogP contribution is -2.51. The fraction of sp³-hybridized carbons (Fsp3) is 0.421. The summed E-state index contributed by atoms with van der Waals surface area (Å²) >= 11 is 0. The van der Waals surface area contributed by atoms with Crippen LogP contribution in [0.5, 0.6) is 0 Å². The van der Waals surface area contributed by atoms with Crippen molar-refractivity contribution in [1.82, 2.24) is 20.0 Å². The Kier molecular flexibility index (Phi) is 7.26. The van der Waals surface area contributed by atoms with Crippen molar-refractivity contribution in [1.29, 1.82) is 0 Å². The van der Waals surface area contributed by atoms with E-state index in [0.717, 1.165) is 0 Å². The van der Waals surface area contributed by atoms with Crippen molar-refractivity contribution >= 4 is 15.9 Å². The van der Waals surface area contributed by atoms with Crippen molar-refractivity contribution in [3.05, 3.63) is 54.6 Å². The molecule has 3 rings (SSSR count). The Morgan fingerprint density at radius 3 is 2.69 bits per heavy atom. The summed E-state index contributed by atoms with van der Waals surface area (Å²) in [5.41, 5.74) is 0.696. The van der Waals surface area contributed by atoms with Crippen LogP contribution in [0.25, 0.3) is 0 Å². The van der Waals surface area contributed by atoms with Gasteiger partial charge in [-0.1, -0.05) is 18.2 Å². The van der Waals surface area contributed by atoms with Crippen LogP contribution in [0.15, 0.2) is 53.8 Å². The molecule has 3 N–H and O–H groups in total. The first-order valence-electron chi connectivity index (χ1n) is 9.33. The van der Waals surface area contributed by atoms with E-state index in [4.69, 9.17) is 4.74 Å². The lowest BCUT2D eigenvalue weighted by Gasteiger charge is -2.35. The van der Waals surface area contributed by atoms with Crippen LogP contribution in [0, 0.1) is 0 Å². The van der Waals surface area contributed by atoms with Gasteiger partial charge in [-0.2, -0.15) is 0 Å². The summed E-state index contributed by atoms with van der Waals surface area (Å²) in [6, 6.07) is 9.18. The van der Waals surface area contributed by atoms with Crippen molar-refractivity contribution in [3.8, 4) is 0 Å². The van der Waals surface area contributed by atoms with Gasteiger partial charge < -0.3 is 15.2 Å². The molecule has 1 fully saturated rings. The number of aliphatic hydroxyl groups is 1. The molecule has 2 heterocycles. The molecule has 1 saturated heterocycles. The molecular formula is C19H24N4O5S. The number of aliphatic hydroxyl groups excluding tert-OH is 1. The molecule has 0 spiro atoms. The number of rotatable bonds is 8. The van der Waals surface area contributed by atoms with E-state index >= 15 is 0 Å². The summed E-state index contributed by atoms with van der Waals surface area (Å²) in [5, 5.41) is 12.4. The lowest BCUT2D eigenvalue weighted by molar-refractivity contribution is -0.130. The molecule has 29 heavy (non-hydrogen) atoms. The van der Waals surface area contributed by atoms with Gasteiger partial charge in [0.05, 0.1) is 48.4 Å². The molecule has 2 aromatic rings. The fourth-order valence-corrected chi connectivity index (χ4v) is 4.49. The number of carbonyl (C=O) groups excluding carboxylic acids is 1. The van der Waals surface area contributed by atoms with Gasteiger partial charge in [0, 0.05) is 6.20 Å². The summed E-state index contributed by atoms with van der Waals surface area (Å²) in [4.78, 5) is 20.2. The minimum absolute atomic E-state index is 0.125. The molecular weight excluding hydrogens is 396 g/mol. The van der Waals surface area contributed by atoms with Crippen LogP contribution >= 0.6 is 0 Å². The Hall–Kier alpha value is -2.40. The van der Waals surface area contributed by atoms with E-state index in [0.29, 0.717) is 18.5 Å². The first-order chi connectivity index (χ1) is 14.0. The maximum Gasteiger partial charge on any atom is 0.240 e. The minimum Gasteiger partial charge on any atom is -0.394 e. The van der Waals surface area contributed by atoms with Gasteiger partial charge in [-0.05, 0) is 31.0 Å². The van der Waals surface area contributed by atoms with Gasteiger partial charge in [0.25, 0.3) is 0 Å². The number of ether oxygens (including phenoxy) is 1. The number of aromatic nitrogens is 2. The van der Waals surface area contributed by atoms with Gasteiger partial charge in [-0.15, -0.1) is 0 Å². The molecule has 10 heteroatoms. The van der Waals surface area contributed by atoms with Crippen LogP contribution in [0.2, 0.25) is 0 Å². The van der Waals surface area contributed by atoms with Crippen LogP contribution in [0.4, 0.5) is 0 Å². The molecule has 0 radical (unpaired) electrons. The summed E-state index contributed by atoms with van der Waals surface area (Å²) < 4.78 is 33.4. The Labute approximate surface area is 169 Å². The smallest absolute Gasteiger partial charge is 0.240 e. The van der Waals surface area contributed by atoms with E-state index in [2.05, 4.69) is 20.0 Å². The van der Waals surface area contributed by atoms with Crippen LogP contribution in [-0.4, -0.2) is 54.3 Å². The fourth-order valence-electron chi connectivity index (χ4n) is 3.17. The SMILES string of the molecule is O=C(C[C@@H]1CC[C@H](NS(=O)(=O)c2ccccc2)[C@@H](CO)O1)NCc1ccncn1. The molecule has 1 aliphatic heterocycles. The highest BCUT2D eigenvalue weighted by Gasteiger charge is 2.34. The standard InChI is InChI=1S/C19H24N4O5S/c24-12-18-17(23-29(26,27)16-4-2-1-3-5-16)7-6-15(28-18)10-19(25)21-11-14-8-9-20-13-22-14/h1-5,8-9,13,15,17-18,23-24H,6-7,10-12H2,(H,21,25)/t15-,17-,18+/m0/s1. The molecule has 1 aromatic heterocycles. The van der Waals surface area contributed by atoms with Crippen molar-refractivity contribution in [2.75, 3.05) is 6.61 Å². The third-order valence-electron chi connectivity index (χ3n) is 4.68. The van der Waals surface area contributed by atoms with Crippen molar-refractivity contribution < 1.29 is 23.1 Å². The maximum atomic E-state index is 12.5. The van der Waals surface area contributed by atoms with E-state index in [1.807, 2.05) is 0 Å². The summed E-state index contributed by atoms with van der Waals surface area (Å²) in [6.07, 6.45) is 2.98. The van der Waals surface area contributed by atoms with Crippen molar-refractivity contribution in [2.24, 2.45) is 0 Å². The molecule has 0 saturated carbocycles. The zero-order chi connectivity index (χ0) is 20.7. The number of sulfonamides is 1. The Bertz CT molecular complexity index is 895. The number of nitrogens with zero attached hydrogens (tertiary/aromatic N) is 2. The number of benzene rings is 1. The predicted molar refractivity (Wildman–Crippen MR) is 104 cm³/mol. The number of carbonyl (C=O) groups is 1. The third-order valence-corrected chi connectivity index (χ3v) is 6.18. The Morgan fingerprint density at radius 1 is 1.21 bits per heavy atom.